The Bertz CT molecular complexity index is 324. The lowest BCUT2D eigenvalue weighted by Crippen LogP contribution is -2.39. The van der Waals surface area contributed by atoms with Crippen LogP contribution in [0.3, 0.4) is 0 Å². The molecule has 0 aromatic heterocycles. The van der Waals surface area contributed by atoms with Crippen LogP contribution in [0.1, 0.15) is 33.6 Å². The molecule has 0 radical (unpaired) electrons. The molecule has 0 amide bonds. The number of rotatable bonds is 7. The van der Waals surface area contributed by atoms with Crippen LogP contribution in [0, 0.1) is 17.8 Å². The Balaban J connectivity index is 2.95. The van der Waals surface area contributed by atoms with Gasteiger partial charge in [0.1, 0.15) is 0 Å². The Morgan fingerprint density at radius 2 is 2.21 bits per heavy atom. The zero-order valence-corrected chi connectivity index (χ0v) is 11.8. The number of hydrogen-bond donors (Lipinski definition) is 2. The lowest BCUT2D eigenvalue weighted by molar-refractivity contribution is -0.180. The molecule has 0 aromatic rings. The van der Waals surface area contributed by atoms with Gasteiger partial charge in [-0.2, -0.15) is 0 Å². The molecule has 1 aliphatic rings. The van der Waals surface area contributed by atoms with E-state index in [0.717, 1.165) is 6.42 Å². The van der Waals surface area contributed by atoms with Crippen LogP contribution in [0.5, 0.6) is 0 Å². The summed E-state index contributed by atoms with van der Waals surface area (Å²) in [4.78, 5) is 11.1. The zero-order chi connectivity index (χ0) is 14.4. The van der Waals surface area contributed by atoms with Crippen LogP contribution in [0.2, 0.25) is 0 Å². The van der Waals surface area contributed by atoms with E-state index < -0.39 is 12.3 Å². The van der Waals surface area contributed by atoms with E-state index in [1.807, 2.05) is 6.92 Å². The average molecular weight is 272 g/mol. The molecule has 5 nitrogen and oxygen atoms in total. The monoisotopic (exact) mass is 272 g/mol. The first-order valence-corrected chi connectivity index (χ1v) is 6.85. The molecular formula is C14H24O5. The molecule has 1 heterocycles. The minimum atomic E-state index is -1.06. The van der Waals surface area contributed by atoms with E-state index in [2.05, 4.69) is 13.8 Å². The lowest BCUT2D eigenvalue weighted by Gasteiger charge is -2.38. The summed E-state index contributed by atoms with van der Waals surface area (Å²) in [7, 11) is 0. The maximum absolute atomic E-state index is 11.1. The van der Waals surface area contributed by atoms with E-state index in [1.165, 1.54) is 0 Å². The van der Waals surface area contributed by atoms with Gasteiger partial charge in [-0.25, -0.2) is 4.79 Å². The molecule has 0 saturated heterocycles. The van der Waals surface area contributed by atoms with E-state index in [9.17, 15) is 4.79 Å². The van der Waals surface area contributed by atoms with Gasteiger partial charge >= 0.3 is 5.97 Å². The van der Waals surface area contributed by atoms with Crippen molar-refractivity contribution in [3.8, 4) is 0 Å². The van der Waals surface area contributed by atoms with Crippen LogP contribution in [-0.2, 0) is 14.3 Å². The number of carboxylic acid groups (broad SMARTS) is 1. The van der Waals surface area contributed by atoms with Crippen LogP contribution < -0.4 is 0 Å². The highest BCUT2D eigenvalue weighted by Gasteiger charge is 2.38. The molecule has 0 aliphatic carbocycles. The second-order valence-electron chi connectivity index (χ2n) is 5.13. The predicted octanol–water partition coefficient (Wildman–Crippen LogP) is 2.01. The lowest BCUT2D eigenvalue weighted by atomic mass is 9.78. The maximum atomic E-state index is 11.1. The summed E-state index contributed by atoms with van der Waals surface area (Å²) in [5.74, 6) is -0.628. The van der Waals surface area contributed by atoms with Gasteiger partial charge in [-0.1, -0.05) is 13.8 Å². The summed E-state index contributed by atoms with van der Waals surface area (Å²) < 4.78 is 11.0. The highest BCUT2D eigenvalue weighted by Crippen LogP contribution is 2.36. The number of carboxylic acids is 1. The number of ether oxygens (including phenoxy) is 2. The topological polar surface area (TPSA) is 76.0 Å². The Morgan fingerprint density at radius 3 is 2.68 bits per heavy atom. The van der Waals surface area contributed by atoms with Crippen molar-refractivity contribution in [2.24, 2.45) is 17.8 Å². The molecule has 0 fully saturated rings. The van der Waals surface area contributed by atoms with Crippen molar-refractivity contribution in [2.75, 3.05) is 13.2 Å². The predicted molar refractivity (Wildman–Crippen MR) is 70.4 cm³/mol. The second-order valence-corrected chi connectivity index (χ2v) is 5.13. The summed E-state index contributed by atoms with van der Waals surface area (Å²) in [6, 6.07) is 0. The molecule has 1 aliphatic heterocycles. The smallest absolute Gasteiger partial charge is 0.370 e. The molecule has 0 saturated carbocycles. The summed E-state index contributed by atoms with van der Waals surface area (Å²) >= 11 is 0. The molecule has 3 atom stereocenters. The third-order valence-electron chi connectivity index (χ3n) is 3.44. The summed E-state index contributed by atoms with van der Waals surface area (Å²) in [6.45, 7) is 6.56. The largest absolute Gasteiger partial charge is 0.475 e. The van der Waals surface area contributed by atoms with Crippen molar-refractivity contribution in [2.45, 2.75) is 39.9 Å². The van der Waals surface area contributed by atoms with Gasteiger partial charge in [0.25, 0.3) is 0 Å². The van der Waals surface area contributed by atoms with Crippen LogP contribution in [0.4, 0.5) is 0 Å². The number of hydrogen-bond acceptors (Lipinski definition) is 4. The summed E-state index contributed by atoms with van der Waals surface area (Å²) in [5.41, 5.74) is 0. The Labute approximate surface area is 114 Å². The van der Waals surface area contributed by atoms with Gasteiger partial charge < -0.3 is 19.7 Å². The van der Waals surface area contributed by atoms with Crippen molar-refractivity contribution in [3.05, 3.63) is 11.8 Å². The molecule has 2 N–H and O–H groups in total. The van der Waals surface area contributed by atoms with Gasteiger partial charge in [-0.15, -0.1) is 0 Å². The first-order chi connectivity index (χ1) is 9.01. The number of allylic oxidation sites excluding steroid dienone is 1. The van der Waals surface area contributed by atoms with Gasteiger partial charge in [0.05, 0.1) is 0 Å². The van der Waals surface area contributed by atoms with Crippen LogP contribution in [0.25, 0.3) is 0 Å². The fourth-order valence-corrected chi connectivity index (χ4v) is 2.52. The van der Waals surface area contributed by atoms with Crippen LogP contribution in [-0.4, -0.2) is 35.7 Å². The number of aliphatic hydroxyl groups excluding tert-OH is 1. The third-order valence-corrected chi connectivity index (χ3v) is 3.44. The highest BCUT2D eigenvalue weighted by atomic mass is 16.7. The molecule has 19 heavy (non-hydrogen) atoms. The molecular weight excluding hydrogens is 248 g/mol. The Morgan fingerprint density at radius 1 is 1.53 bits per heavy atom. The Hall–Kier alpha value is -1.07. The minimum Gasteiger partial charge on any atom is -0.475 e. The second kappa shape index (κ2) is 7.50. The quantitative estimate of drug-likeness (QED) is 0.741. The highest BCUT2D eigenvalue weighted by molar-refractivity contribution is 5.84. The van der Waals surface area contributed by atoms with Crippen LogP contribution >= 0.6 is 0 Å². The molecule has 110 valence electrons. The molecule has 0 aromatic carbocycles. The van der Waals surface area contributed by atoms with E-state index in [0.29, 0.717) is 18.9 Å². The normalized spacial score (nSPS) is 27.0. The van der Waals surface area contributed by atoms with Gasteiger partial charge in [0.2, 0.25) is 12.0 Å². The molecule has 1 rings (SSSR count). The number of aliphatic carboxylic acids is 1. The van der Waals surface area contributed by atoms with Gasteiger partial charge in [0, 0.05) is 19.1 Å². The molecule has 0 bridgehead atoms. The molecule has 0 unspecified atom stereocenters. The van der Waals surface area contributed by atoms with Crippen molar-refractivity contribution >= 4 is 5.97 Å². The summed E-state index contributed by atoms with van der Waals surface area (Å²) in [5, 5.41) is 18.1. The van der Waals surface area contributed by atoms with E-state index in [1.54, 1.807) is 6.08 Å². The zero-order valence-electron chi connectivity index (χ0n) is 11.8. The van der Waals surface area contributed by atoms with Gasteiger partial charge in [-0.05, 0) is 37.7 Å². The first-order valence-electron chi connectivity index (χ1n) is 6.85. The summed E-state index contributed by atoms with van der Waals surface area (Å²) in [6.07, 6.45) is 2.56. The van der Waals surface area contributed by atoms with E-state index >= 15 is 0 Å². The van der Waals surface area contributed by atoms with Gasteiger partial charge in [-0.3, -0.25) is 0 Å². The Kier molecular flexibility index (Phi) is 6.31. The fourth-order valence-electron chi connectivity index (χ4n) is 2.52. The van der Waals surface area contributed by atoms with Gasteiger partial charge in [0.15, 0.2) is 0 Å². The molecule has 0 spiro atoms. The number of aliphatic hydroxyl groups is 1. The van der Waals surface area contributed by atoms with E-state index in [-0.39, 0.29) is 24.2 Å². The average Bonchev–Trinajstić information content (AvgIpc) is 2.36. The van der Waals surface area contributed by atoms with Crippen LogP contribution in [0.15, 0.2) is 11.8 Å². The maximum Gasteiger partial charge on any atom is 0.370 e. The fraction of sp³-hybridized carbons (Fsp3) is 0.786. The van der Waals surface area contributed by atoms with Crippen molar-refractivity contribution in [1.82, 2.24) is 0 Å². The van der Waals surface area contributed by atoms with Crippen molar-refractivity contribution in [1.29, 1.82) is 0 Å². The third kappa shape index (κ3) is 4.21. The number of carbonyl (C=O) groups is 1. The SMILES string of the molecule is CCO[C@@H]1OC(C(=O)O)=C[C@H](C(C)C)[C@H]1CCCO. The minimum absolute atomic E-state index is 0.0302. The standard InChI is InChI=1S/C14H24O5/c1-4-18-14-10(6-5-7-15)11(9(2)3)8-12(19-14)13(16)17/h8-11,14-15H,4-7H2,1-3H3,(H,16,17)/t10-,11-,14-/m1/s1. The van der Waals surface area contributed by atoms with Crippen molar-refractivity contribution < 1.29 is 24.5 Å². The van der Waals surface area contributed by atoms with E-state index in [4.69, 9.17) is 19.7 Å². The molecule has 5 heteroatoms. The van der Waals surface area contributed by atoms with Crippen molar-refractivity contribution in [3.63, 3.8) is 0 Å². The first kappa shape index (κ1) is 16.0.